The number of phenolic OH excluding ortho intramolecular Hbond substituents is 1. The summed E-state index contributed by atoms with van der Waals surface area (Å²) in [6.07, 6.45) is 1.48. The molecule has 5 nitrogen and oxygen atoms in total. The number of phenols is 1. The van der Waals surface area contributed by atoms with Crippen molar-refractivity contribution in [1.29, 1.82) is 0 Å². The Morgan fingerprint density at radius 1 is 1.25 bits per heavy atom. The fraction of sp³-hybridized carbons (Fsp3) is 0.200. The quantitative estimate of drug-likeness (QED) is 0.818. The number of nitrogens with one attached hydrogen (secondary N) is 1. The lowest BCUT2D eigenvalue weighted by Crippen LogP contribution is -2.06. The zero-order valence-electron chi connectivity index (χ0n) is 11.2. The lowest BCUT2D eigenvalue weighted by Gasteiger charge is -2.06. The number of rotatable bonds is 5. The third-order valence-corrected chi connectivity index (χ3v) is 2.68. The van der Waals surface area contributed by atoms with Gasteiger partial charge in [0.25, 0.3) is 0 Å². The molecule has 0 bridgehead atoms. The van der Waals surface area contributed by atoms with E-state index in [4.69, 9.17) is 4.74 Å². The molecule has 0 aliphatic rings. The van der Waals surface area contributed by atoms with Crippen LogP contribution < -0.4 is 5.32 Å². The number of pyridine rings is 1. The molecule has 0 radical (unpaired) electrons. The normalized spacial score (nSPS) is 10.1. The summed E-state index contributed by atoms with van der Waals surface area (Å²) in [5.41, 5.74) is 1.46. The van der Waals surface area contributed by atoms with Gasteiger partial charge in [0.05, 0.1) is 12.2 Å². The fourth-order valence-electron chi connectivity index (χ4n) is 1.64. The molecular formula is C15H16N2O3. The molecule has 0 amide bonds. The van der Waals surface area contributed by atoms with E-state index in [0.29, 0.717) is 24.5 Å². The van der Waals surface area contributed by atoms with Crippen molar-refractivity contribution in [3.8, 4) is 5.75 Å². The molecule has 0 fully saturated rings. The van der Waals surface area contributed by atoms with Crippen LogP contribution in [0.4, 0.5) is 5.82 Å². The average molecular weight is 272 g/mol. The lowest BCUT2D eigenvalue weighted by atomic mass is 10.2. The predicted octanol–water partition coefficient (Wildman–Crippen LogP) is 2.58. The number of hydrogen-bond donors (Lipinski definition) is 2. The minimum absolute atomic E-state index is 0.241. The van der Waals surface area contributed by atoms with Gasteiger partial charge in [-0.1, -0.05) is 12.1 Å². The van der Waals surface area contributed by atoms with Gasteiger partial charge in [-0.3, -0.25) is 0 Å². The number of ether oxygens (including phenoxy) is 1. The molecule has 1 aromatic heterocycles. The monoisotopic (exact) mass is 272 g/mol. The number of aromatic nitrogens is 1. The first kappa shape index (κ1) is 13.9. The number of aromatic hydroxyl groups is 1. The minimum atomic E-state index is -0.370. The second-order valence-corrected chi connectivity index (χ2v) is 4.17. The van der Waals surface area contributed by atoms with Gasteiger partial charge < -0.3 is 15.2 Å². The van der Waals surface area contributed by atoms with Crippen LogP contribution in [0.25, 0.3) is 0 Å². The Balaban J connectivity index is 1.93. The molecule has 0 aliphatic heterocycles. The summed E-state index contributed by atoms with van der Waals surface area (Å²) in [7, 11) is 0. The van der Waals surface area contributed by atoms with Crippen molar-refractivity contribution in [2.75, 3.05) is 11.9 Å². The van der Waals surface area contributed by atoms with Gasteiger partial charge in [0, 0.05) is 12.7 Å². The molecule has 0 unspecified atom stereocenters. The zero-order valence-corrected chi connectivity index (χ0v) is 11.2. The van der Waals surface area contributed by atoms with Gasteiger partial charge in [0.2, 0.25) is 0 Å². The summed E-state index contributed by atoms with van der Waals surface area (Å²) < 4.78 is 4.89. The molecule has 20 heavy (non-hydrogen) atoms. The van der Waals surface area contributed by atoms with E-state index in [0.717, 1.165) is 5.56 Å². The van der Waals surface area contributed by atoms with Gasteiger partial charge in [0.15, 0.2) is 0 Å². The van der Waals surface area contributed by atoms with Crippen LogP contribution >= 0.6 is 0 Å². The van der Waals surface area contributed by atoms with Gasteiger partial charge in [-0.25, -0.2) is 9.78 Å². The Hall–Kier alpha value is -2.56. The summed E-state index contributed by atoms with van der Waals surface area (Å²) in [6, 6.07) is 10.3. The molecule has 0 spiro atoms. The second-order valence-electron chi connectivity index (χ2n) is 4.17. The standard InChI is InChI=1S/C15H16N2O3/c1-2-20-15(19)12-5-8-14(17-10-12)16-9-11-3-6-13(18)7-4-11/h3-8,10,18H,2,9H2,1H3,(H,16,17). The molecule has 2 aromatic rings. The van der Waals surface area contributed by atoms with Crippen molar-refractivity contribution in [2.45, 2.75) is 13.5 Å². The highest BCUT2D eigenvalue weighted by Gasteiger charge is 2.06. The van der Waals surface area contributed by atoms with E-state index >= 15 is 0 Å². The molecule has 5 heteroatoms. The second kappa shape index (κ2) is 6.56. The number of nitrogens with zero attached hydrogens (tertiary/aromatic N) is 1. The Kier molecular flexibility index (Phi) is 4.55. The minimum Gasteiger partial charge on any atom is -0.508 e. The predicted molar refractivity (Wildman–Crippen MR) is 75.6 cm³/mol. The average Bonchev–Trinajstić information content (AvgIpc) is 2.47. The number of esters is 1. The molecule has 0 aliphatic carbocycles. The Morgan fingerprint density at radius 3 is 2.60 bits per heavy atom. The maximum absolute atomic E-state index is 11.5. The SMILES string of the molecule is CCOC(=O)c1ccc(NCc2ccc(O)cc2)nc1. The van der Waals surface area contributed by atoms with E-state index in [1.807, 2.05) is 12.1 Å². The van der Waals surface area contributed by atoms with E-state index in [-0.39, 0.29) is 11.7 Å². The summed E-state index contributed by atoms with van der Waals surface area (Å²) >= 11 is 0. The molecule has 1 heterocycles. The van der Waals surface area contributed by atoms with Crippen molar-refractivity contribution >= 4 is 11.8 Å². The molecule has 2 rings (SSSR count). The van der Waals surface area contributed by atoms with E-state index in [2.05, 4.69) is 10.3 Å². The smallest absolute Gasteiger partial charge is 0.339 e. The third kappa shape index (κ3) is 3.71. The number of carbonyl (C=O) groups excluding carboxylic acids is 1. The van der Waals surface area contributed by atoms with Crippen LogP contribution in [0.5, 0.6) is 5.75 Å². The topological polar surface area (TPSA) is 71.5 Å². The number of carbonyl (C=O) groups is 1. The van der Waals surface area contributed by atoms with Crippen LogP contribution in [0.15, 0.2) is 42.6 Å². The first-order valence-corrected chi connectivity index (χ1v) is 6.34. The maximum Gasteiger partial charge on any atom is 0.339 e. The molecular weight excluding hydrogens is 256 g/mol. The summed E-state index contributed by atoms with van der Waals surface area (Å²) in [5, 5.41) is 12.3. The lowest BCUT2D eigenvalue weighted by molar-refractivity contribution is 0.0526. The number of hydrogen-bond acceptors (Lipinski definition) is 5. The van der Waals surface area contributed by atoms with Crippen LogP contribution in [0, 0.1) is 0 Å². The molecule has 1 aromatic carbocycles. The summed E-state index contributed by atoms with van der Waals surface area (Å²) in [4.78, 5) is 15.6. The van der Waals surface area contributed by atoms with Crippen LogP contribution in [0.3, 0.4) is 0 Å². The van der Waals surface area contributed by atoms with Gasteiger partial charge in [-0.05, 0) is 36.8 Å². The molecule has 0 saturated carbocycles. The highest BCUT2D eigenvalue weighted by molar-refractivity contribution is 5.89. The molecule has 0 atom stereocenters. The highest BCUT2D eigenvalue weighted by atomic mass is 16.5. The van der Waals surface area contributed by atoms with Gasteiger partial charge in [-0.2, -0.15) is 0 Å². The van der Waals surface area contributed by atoms with Gasteiger partial charge >= 0.3 is 5.97 Å². The van der Waals surface area contributed by atoms with E-state index in [9.17, 15) is 9.90 Å². The molecule has 2 N–H and O–H groups in total. The largest absolute Gasteiger partial charge is 0.508 e. The van der Waals surface area contributed by atoms with Crippen molar-refractivity contribution in [3.63, 3.8) is 0 Å². The summed E-state index contributed by atoms with van der Waals surface area (Å²) in [5.74, 6) is 0.543. The first-order valence-electron chi connectivity index (χ1n) is 6.34. The Labute approximate surface area is 117 Å². The third-order valence-electron chi connectivity index (χ3n) is 2.68. The van der Waals surface area contributed by atoms with E-state index in [1.54, 1.807) is 31.2 Å². The van der Waals surface area contributed by atoms with Crippen molar-refractivity contribution < 1.29 is 14.6 Å². The van der Waals surface area contributed by atoms with E-state index in [1.165, 1.54) is 6.20 Å². The van der Waals surface area contributed by atoms with E-state index < -0.39 is 0 Å². The van der Waals surface area contributed by atoms with Crippen molar-refractivity contribution in [2.24, 2.45) is 0 Å². The van der Waals surface area contributed by atoms with Crippen molar-refractivity contribution in [1.82, 2.24) is 4.98 Å². The van der Waals surface area contributed by atoms with Crippen LogP contribution in [-0.2, 0) is 11.3 Å². The van der Waals surface area contributed by atoms with Crippen molar-refractivity contribution in [3.05, 3.63) is 53.7 Å². The van der Waals surface area contributed by atoms with Gasteiger partial charge in [-0.15, -0.1) is 0 Å². The number of anilines is 1. The Morgan fingerprint density at radius 2 is 2.00 bits per heavy atom. The molecule has 0 saturated heterocycles. The fourth-order valence-corrected chi connectivity index (χ4v) is 1.64. The molecule has 104 valence electrons. The van der Waals surface area contributed by atoms with Crippen LogP contribution in [-0.4, -0.2) is 22.7 Å². The zero-order chi connectivity index (χ0) is 14.4. The highest BCUT2D eigenvalue weighted by Crippen LogP contribution is 2.12. The van der Waals surface area contributed by atoms with Crippen LogP contribution in [0.2, 0.25) is 0 Å². The summed E-state index contributed by atoms with van der Waals surface area (Å²) in [6.45, 7) is 2.70. The first-order chi connectivity index (χ1) is 9.69. The number of benzene rings is 1. The van der Waals surface area contributed by atoms with Crippen LogP contribution in [0.1, 0.15) is 22.8 Å². The van der Waals surface area contributed by atoms with Gasteiger partial charge in [0.1, 0.15) is 11.6 Å². The maximum atomic E-state index is 11.5. The Bertz CT molecular complexity index is 565.